The first-order valence-electron chi connectivity index (χ1n) is 13.8. The van der Waals surface area contributed by atoms with Crippen molar-refractivity contribution in [2.75, 3.05) is 9.80 Å². The summed E-state index contributed by atoms with van der Waals surface area (Å²) in [5, 5.41) is 0. The Morgan fingerprint density at radius 1 is 0.732 bits per heavy atom. The average molecular weight is 541 g/mol. The second-order valence-corrected chi connectivity index (χ2v) is 10.8. The van der Waals surface area contributed by atoms with Crippen LogP contribution in [0, 0.1) is 18.8 Å². The second-order valence-electron chi connectivity index (χ2n) is 10.8. The quantitative estimate of drug-likeness (QED) is 0.239. The highest BCUT2D eigenvalue weighted by Crippen LogP contribution is 2.49. The summed E-state index contributed by atoms with van der Waals surface area (Å²) in [7, 11) is 0. The normalized spacial score (nSPS) is 22.5. The van der Waals surface area contributed by atoms with Crippen LogP contribution < -0.4 is 9.80 Å². The number of carbonyl (C=O) groups is 3. The van der Waals surface area contributed by atoms with E-state index < -0.39 is 36.0 Å². The Balaban J connectivity index is 1.32. The van der Waals surface area contributed by atoms with E-state index in [-0.39, 0.29) is 11.8 Å². The van der Waals surface area contributed by atoms with Gasteiger partial charge in [-0.3, -0.25) is 9.59 Å². The third kappa shape index (κ3) is 4.06. The molecule has 7 rings (SSSR count). The molecular weight excluding hydrogens is 512 g/mol. The fourth-order valence-electron chi connectivity index (χ4n) is 6.50. The molecule has 2 fully saturated rings. The Labute approximate surface area is 238 Å². The predicted octanol–water partition coefficient (Wildman–Crippen LogP) is 5.72. The number of carbonyl (C=O) groups excluding carboxylic acids is 3. The van der Waals surface area contributed by atoms with Gasteiger partial charge in [-0.2, -0.15) is 0 Å². The summed E-state index contributed by atoms with van der Waals surface area (Å²) in [5.74, 6) is -2.79. The lowest BCUT2D eigenvalue weighted by Crippen LogP contribution is -2.49. The molecule has 4 aromatic carbocycles. The van der Waals surface area contributed by atoms with E-state index in [4.69, 9.17) is 4.74 Å². The second kappa shape index (κ2) is 9.89. The third-order valence-electron chi connectivity index (χ3n) is 8.39. The molecule has 0 bridgehead atoms. The first-order valence-corrected chi connectivity index (χ1v) is 13.8. The van der Waals surface area contributed by atoms with Crippen molar-refractivity contribution in [3.8, 4) is 0 Å². The monoisotopic (exact) mass is 540 g/mol. The number of amides is 2. The van der Waals surface area contributed by atoms with Gasteiger partial charge < -0.3 is 9.64 Å². The van der Waals surface area contributed by atoms with Crippen molar-refractivity contribution in [1.82, 2.24) is 0 Å². The smallest absolute Gasteiger partial charge is 0.330 e. The summed E-state index contributed by atoms with van der Waals surface area (Å²) in [6.45, 7) is 1.95. The molecule has 0 aromatic heterocycles. The first kappa shape index (κ1) is 25.0. The van der Waals surface area contributed by atoms with E-state index >= 15 is 0 Å². The highest BCUT2D eigenvalue weighted by Gasteiger charge is 2.65. The minimum atomic E-state index is -0.974. The lowest BCUT2D eigenvalue weighted by atomic mass is 9.88. The van der Waals surface area contributed by atoms with Crippen LogP contribution in [0.15, 0.2) is 115 Å². The maximum absolute atomic E-state index is 14.4. The summed E-state index contributed by atoms with van der Waals surface area (Å²) in [6.07, 6.45) is 3.26. The van der Waals surface area contributed by atoms with Gasteiger partial charge in [0.1, 0.15) is 6.04 Å². The molecule has 202 valence electrons. The molecule has 6 nitrogen and oxygen atoms in total. The summed E-state index contributed by atoms with van der Waals surface area (Å²) >= 11 is 0. The van der Waals surface area contributed by atoms with Gasteiger partial charge in [-0.05, 0) is 41.8 Å². The number of hydrogen-bond donors (Lipinski definition) is 0. The lowest BCUT2D eigenvalue weighted by Gasteiger charge is -2.36. The van der Waals surface area contributed by atoms with Crippen molar-refractivity contribution >= 4 is 35.2 Å². The summed E-state index contributed by atoms with van der Waals surface area (Å²) < 4.78 is 6.33. The van der Waals surface area contributed by atoms with Gasteiger partial charge in [0.05, 0.1) is 23.6 Å². The zero-order valence-corrected chi connectivity index (χ0v) is 22.5. The van der Waals surface area contributed by atoms with Crippen LogP contribution in [0.25, 0.3) is 6.08 Å². The zero-order valence-electron chi connectivity index (χ0n) is 22.5. The molecule has 0 aliphatic carbocycles. The Hall–Kier alpha value is -4.97. The van der Waals surface area contributed by atoms with E-state index in [0.717, 1.165) is 27.9 Å². The van der Waals surface area contributed by atoms with Crippen molar-refractivity contribution < 1.29 is 19.1 Å². The molecule has 0 spiro atoms. The maximum atomic E-state index is 14.4. The molecule has 6 heteroatoms. The van der Waals surface area contributed by atoms with Gasteiger partial charge in [-0.25, -0.2) is 9.69 Å². The number of ether oxygens (including phenoxy) is 1. The molecular formula is C35H28N2O4. The molecule has 3 aliphatic heterocycles. The number of aryl methyl sites for hydroxylation is 1. The number of imide groups is 1. The van der Waals surface area contributed by atoms with Gasteiger partial charge in [-0.15, -0.1) is 0 Å². The van der Waals surface area contributed by atoms with Crippen molar-refractivity contribution in [2.24, 2.45) is 11.8 Å². The van der Waals surface area contributed by atoms with Crippen molar-refractivity contribution in [3.63, 3.8) is 0 Å². The van der Waals surface area contributed by atoms with Crippen LogP contribution in [-0.2, 0) is 19.1 Å². The maximum Gasteiger partial charge on any atom is 0.330 e. The van der Waals surface area contributed by atoms with E-state index in [0.29, 0.717) is 5.69 Å². The largest absolute Gasteiger partial charge is 0.451 e. The highest BCUT2D eigenvalue weighted by atomic mass is 16.5. The Morgan fingerprint density at radius 3 is 1.98 bits per heavy atom. The van der Waals surface area contributed by atoms with Crippen LogP contribution >= 0.6 is 0 Å². The van der Waals surface area contributed by atoms with Crippen molar-refractivity contribution in [2.45, 2.75) is 25.1 Å². The van der Waals surface area contributed by atoms with Gasteiger partial charge in [0.25, 0.3) is 0 Å². The first-order chi connectivity index (χ1) is 20.0. The predicted molar refractivity (Wildman–Crippen MR) is 157 cm³/mol. The van der Waals surface area contributed by atoms with Gasteiger partial charge in [0.15, 0.2) is 6.10 Å². The van der Waals surface area contributed by atoms with E-state index in [9.17, 15) is 14.4 Å². The number of rotatable bonds is 5. The number of fused-ring (bicyclic) bond motifs is 5. The van der Waals surface area contributed by atoms with E-state index in [1.165, 1.54) is 4.90 Å². The molecule has 0 radical (unpaired) electrons. The number of hydrogen-bond acceptors (Lipinski definition) is 5. The van der Waals surface area contributed by atoms with Crippen LogP contribution in [0.4, 0.5) is 11.4 Å². The summed E-state index contributed by atoms with van der Waals surface area (Å²) in [4.78, 5) is 45.7. The van der Waals surface area contributed by atoms with Gasteiger partial charge >= 0.3 is 5.97 Å². The molecule has 0 saturated carbocycles. The van der Waals surface area contributed by atoms with Crippen LogP contribution in [-0.4, -0.2) is 29.9 Å². The summed E-state index contributed by atoms with van der Waals surface area (Å²) in [6, 6.07) is 32.8. The molecule has 41 heavy (non-hydrogen) atoms. The fraction of sp³-hybridized carbons (Fsp3) is 0.171. The van der Waals surface area contributed by atoms with E-state index in [1.807, 2.05) is 121 Å². The SMILES string of the molecule is Cc1ccc(N2C(=O)[C@@H]3[C@H](C2=O)[C@H](C(=O)OC(c2ccccc2)c2ccccc2)N2c4ccccc4C=C[C@@H]32)cc1. The highest BCUT2D eigenvalue weighted by molar-refractivity contribution is 6.24. The number of para-hydroxylation sites is 1. The standard InChI is InChI=1S/C35H28N2O4/c1-22-16-19-26(20-17-22)36-33(38)29-28-21-18-23-10-8-9-15-27(23)37(28)31(30(29)34(36)39)35(40)41-32(24-11-4-2-5-12-24)25-13-6-3-7-14-25/h2-21,28-32H,1H3/t28-,29-,30-,31+/m0/s1. The van der Waals surface area contributed by atoms with Gasteiger partial charge in [-0.1, -0.05) is 109 Å². The van der Waals surface area contributed by atoms with Gasteiger partial charge in [0, 0.05) is 5.69 Å². The fourth-order valence-corrected chi connectivity index (χ4v) is 6.50. The molecule has 0 N–H and O–H groups in total. The molecule has 3 aliphatic rings. The van der Waals surface area contributed by atoms with E-state index in [1.54, 1.807) is 12.1 Å². The Kier molecular flexibility index (Phi) is 6.04. The number of esters is 1. The molecule has 4 atom stereocenters. The van der Waals surface area contributed by atoms with Gasteiger partial charge in [0.2, 0.25) is 11.8 Å². The molecule has 4 aromatic rings. The van der Waals surface area contributed by atoms with Crippen molar-refractivity contribution in [1.29, 1.82) is 0 Å². The van der Waals surface area contributed by atoms with Crippen LogP contribution in [0.1, 0.15) is 28.4 Å². The Morgan fingerprint density at radius 2 is 1.32 bits per heavy atom. The van der Waals surface area contributed by atoms with Crippen molar-refractivity contribution in [3.05, 3.63) is 138 Å². The zero-order chi connectivity index (χ0) is 28.1. The van der Waals surface area contributed by atoms with Crippen LogP contribution in [0.3, 0.4) is 0 Å². The van der Waals surface area contributed by atoms with E-state index in [2.05, 4.69) is 0 Å². The minimum Gasteiger partial charge on any atom is -0.451 e. The molecule has 2 saturated heterocycles. The minimum absolute atomic E-state index is 0.291. The Bertz CT molecular complexity index is 1630. The number of benzene rings is 4. The third-order valence-corrected chi connectivity index (χ3v) is 8.39. The number of anilines is 2. The average Bonchev–Trinajstić information content (AvgIpc) is 3.49. The lowest BCUT2D eigenvalue weighted by molar-refractivity contribution is -0.151. The molecule has 0 unspecified atom stereocenters. The number of nitrogens with zero attached hydrogens (tertiary/aromatic N) is 2. The molecule has 2 amide bonds. The van der Waals surface area contributed by atoms with Crippen LogP contribution in [0.2, 0.25) is 0 Å². The van der Waals surface area contributed by atoms with Crippen LogP contribution in [0.5, 0.6) is 0 Å². The summed E-state index contributed by atoms with van der Waals surface area (Å²) in [5.41, 5.74) is 4.94. The molecule has 3 heterocycles. The topological polar surface area (TPSA) is 66.9 Å².